The van der Waals surface area contributed by atoms with Crippen molar-refractivity contribution in [2.45, 2.75) is 84.7 Å². The third-order valence-electron chi connectivity index (χ3n) is 8.38. The maximum absolute atomic E-state index is 10.6. The number of hydrogen-bond donors (Lipinski definition) is 1. The first-order valence-corrected chi connectivity index (χ1v) is 10.2. The van der Waals surface area contributed by atoms with Crippen molar-refractivity contribution in [3.8, 4) is 0 Å². The smallest absolute Gasteiger partial charge is 0.0937 e. The average Bonchev–Trinajstić information content (AvgIpc) is 3.12. The molecule has 0 spiro atoms. The molecule has 0 radical (unpaired) electrons. The van der Waals surface area contributed by atoms with E-state index < -0.39 is 0 Å². The van der Waals surface area contributed by atoms with Crippen LogP contribution in [0.5, 0.6) is 0 Å². The van der Waals surface area contributed by atoms with Gasteiger partial charge in [0.15, 0.2) is 0 Å². The van der Waals surface area contributed by atoms with Crippen LogP contribution in [0.1, 0.15) is 76.8 Å². The van der Waals surface area contributed by atoms with E-state index >= 15 is 0 Å². The highest BCUT2D eigenvalue weighted by atomic mass is 16.3. The molecular formula is C22H34O2. The molecule has 2 heteroatoms. The molecule has 0 aliphatic heterocycles. The van der Waals surface area contributed by atoms with Gasteiger partial charge in [-0.2, -0.15) is 0 Å². The second-order valence-corrected chi connectivity index (χ2v) is 9.51. The lowest BCUT2D eigenvalue weighted by Gasteiger charge is -2.56. The molecule has 1 N–H and O–H groups in total. The van der Waals surface area contributed by atoms with Crippen molar-refractivity contribution in [1.29, 1.82) is 0 Å². The Hall–Kier alpha value is -0.760. The normalized spacial score (nSPS) is 45.0. The van der Waals surface area contributed by atoms with E-state index in [0.717, 1.165) is 30.6 Å². The summed E-state index contributed by atoms with van der Waals surface area (Å²) < 4.78 is 5.53. The largest absolute Gasteiger partial charge is 0.472 e. The van der Waals surface area contributed by atoms with Gasteiger partial charge in [-0.25, -0.2) is 0 Å². The summed E-state index contributed by atoms with van der Waals surface area (Å²) in [7, 11) is 0. The molecule has 2 nitrogen and oxygen atoms in total. The van der Waals surface area contributed by atoms with Gasteiger partial charge < -0.3 is 9.52 Å². The van der Waals surface area contributed by atoms with Gasteiger partial charge in [-0.05, 0) is 91.1 Å². The lowest BCUT2D eigenvalue weighted by Crippen LogP contribution is -2.50. The molecule has 3 aliphatic carbocycles. The Morgan fingerprint density at radius 1 is 1.04 bits per heavy atom. The van der Waals surface area contributed by atoms with E-state index in [0.29, 0.717) is 5.41 Å². The molecule has 3 fully saturated rings. The van der Waals surface area contributed by atoms with Crippen molar-refractivity contribution in [3.63, 3.8) is 0 Å². The Morgan fingerprint density at radius 3 is 2.62 bits per heavy atom. The number of aryl methyl sites for hydroxylation is 1. The van der Waals surface area contributed by atoms with Crippen molar-refractivity contribution in [3.05, 3.63) is 23.7 Å². The third kappa shape index (κ3) is 2.40. The van der Waals surface area contributed by atoms with Crippen LogP contribution in [0, 0.1) is 28.6 Å². The Labute approximate surface area is 147 Å². The summed E-state index contributed by atoms with van der Waals surface area (Å²) in [4.78, 5) is 0. The zero-order chi connectivity index (χ0) is 16.9. The predicted octanol–water partition coefficient (Wildman–Crippen LogP) is 5.38. The summed E-state index contributed by atoms with van der Waals surface area (Å²) in [6.07, 6.45) is 15.1. The number of aliphatic hydroxyl groups is 1. The topological polar surface area (TPSA) is 33.4 Å². The van der Waals surface area contributed by atoms with E-state index in [-0.39, 0.29) is 11.5 Å². The molecule has 3 saturated carbocycles. The van der Waals surface area contributed by atoms with E-state index in [4.69, 9.17) is 4.42 Å². The molecule has 4 rings (SSSR count). The molecule has 6 unspecified atom stereocenters. The van der Waals surface area contributed by atoms with Crippen LogP contribution < -0.4 is 0 Å². The average molecular weight is 331 g/mol. The third-order valence-corrected chi connectivity index (χ3v) is 8.38. The zero-order valence-electron chi connectivity index (χ0n) is 15.7. The van der Waals surface area contributed by atoms with E-state index in [1.54, 1.807) is 0 Å². The monoisotopic (exact) mass is 330 g/mol. The number of fused-ring (bicyclic) bond motifs is 3. The van der Waals surface area contributed by atoms with Crippen LogP contribution in [0.15, 0.2) is 16.9 Å². The Bertz CT molecular complexity index is 591. The minimum atomic E-state index is -0.0581. The first kappa shape index (κ1) is 16.7. The number of furan rings is 1. The summed E-state index contributed by atoms with van der Waals surface area (Å²) in [6.45, 7) is 7.15. The van der Waals surface area contributed by atoms with Gasteiger partial charge in [0.25, 0.3) is 0 Å². The molecule has 24 heavy (non-hydrogen) atoms. The van der Waals surface area contributed by atoms with Crippen LogP contribution in [0.4, 0.5) is 0 Å². The quantitative estimate of drug-likeness (QED) is 0.807. The first-order chi connectivity index (χ1) is 11.5. The second-order valence-electron chi connectivity index (χ2n) is 9.51. The van der Waals surface area contributed by atoms with Crippen LogP contribution in [-0.4, -0.2) is 11.2 Å². The Kier molecular flexibility index (Phi) is 4.10. The van der Waals surface area contributed by atoms with Gasteiger partial charge >= 0.3 is 0 Å². The van der Waals surface area contributed by atoms with Crippen molar-refractivity contribution in [2.75, 3.05) is 0 Å². The summed E-state index contributed by atoms with van der Waals surface area (Å²) in [6, 6.07) is 0. The van der Waals surface area contributed by atoms with Crippen LogP contribution >= 0.6 is 0 Å². The fourth-order valence-corrected chi connectivity index (χ4v) is 6.92. The van der Waals surface area contributed by atoms with Crippen molar-refractivity contribution >= 4 is 0 Å². The maximum atomic E-state index is 10.6. The van der Waals surface area contributed by atoms with Gasteiger partial charge in [-0.3, -0.25) is 0 Å². The summed E-state index contributed by atoms with van der Waals surface area (Å²) in [5.74, 6) is 2.41. The number of hydrogen-bond acceptors (Lipinski definition) is 2. The first-order valence-electron chi connectivity index (χ1n) is 10.2. The predicted molar refractivity (Wildman–Crippen MR) is 96.8 cm³/mol. The van der Waals surface area contributed by atoms with Gasteiger partial charge in [0.1, 0.15) is 0 Å². The van der Waals surface area contributed by atoms with Crippen LogP contribution in [0.25, 0.3) is 0 Å². The Balaban J connectivity index is 1.60. The SMILES string of the molecule is CCc1cocc1CC1(C)CCCC2C1CCC1(C)C(O)CCC21. The summed E-state index contributed by atoms with van der Waals surface area (Å²) in [5, 5.41) is 10.6. The molecule has 1 aromatic heterocycles. The van der Waals surface area contributed by atoms with Crippen molar-refractivity contribution in [1.82, 2.24) is 0 Å². The van der Waals surface area contributed by atoms with Crippen molar-refractivity contribution in [2.24, 2.45) is 28.6 Å². The minimum absolute atomic E-state index is 0.0581. The minimum Gasteiger partial charge on any atom is -0.472 e. The molecule has 0 amide bonds. The highest BCUT2D eigenvalue weighted by Gasteiger charge is 2.57. The highest BCUT2D eigenvalue weighted by Crippen LogP contribution is 2.63. The van der Waals surface area contributed by atoms with Gasteiger partial charge in [-0.15, -0.1) is 0 Å². The maximum Gasteiger partial charge on any atom is 0.0937 e. The standard InChI is InChI=1S/C22H34O2/c1-4-15-13-24-14-16(15)12-21(2)10-5-6-17-18(21)9-11-22(3)19(17)7-8-20(22)23/h13-14,17-20,23H,4-12H2,1-3H3. The van der Waals surface area contributed by atoms with E-state index in [1.165, 1.54) is 56.1 Å². The summed E-state index contributed by atoms with van der Waals surface area (Å²) in [5.41, 5.74) is 3.45. The number of rotatable bonds is 3. The molecule has 1 aromatic rings. The summed E-state index contributed by atoms with van der Waals surface area (Å²) >= 11 is 0. The van der Waals surface area contributed by atoms with Crippen LogP contribution in [0.3, 0.4) is 0 Å². The lowest BCUT2D eigenvalue weighted by molar-refractivity contribution is -0.0863. The Morgan fingerprint density at radius 2 is 1.83 bits per heavy atom. The number of aliphatic hydroxyl groups excluding tert-OH is 1. The molecule has 0 bridgehead atoms. The van der Waals surface area contributed by atoms with E-state index in [1.807, 2.05) is 12.5 Å². The molecule has 3 aliphatic rings. The van der Waals surface area contributed by atoms with Gasteiger partial charge in [0, 0.05) is 0 Å². The molecule has 0 saturated heterocycles. The fourth-order valence-electron chi connectivity index (χ4n) is 6.92. The van der Waals surface area contributed by atoms with Crippen LogP contribution in [-0.2, 0) is 12.8 Å². The molecule has 0 aromatic carbocycles. The molecule has 1 heterocycles. The molecule has 6 atom stereocenters. The second kappa shape index (κ2) is 5.90. The van der Waals surface area contributed by atoms with Crippen LogP contribution in [0.2, 0.25) is 0 Å². The van der Waals surface area contributed by atoms with Gasteiger partial charge in [-0.1, -0.05) is 27.2 Å². The lowest BCUT2D eigenvalue weighted by atomic mass is 9.49. The molecular weight excluding hydrogens is 296 g/mol. The van der Waals surface area contributed by atoms with E-state index in [9.17, 15) is 5.11 Å². The highest BCUT2D eigenvalue weighted by molar-refractivity contribution is 5.23. The van der Waals surface area contributed by atoms with E-state index in [2.05, 4.69) is 20.8 Å². The van der Waals surface area contributed by atoms with Crippen molar-refractivity contribution < 1.29 is 9.52 Å². The van der Waals surface area contributed by atoms with Gasteiger partial charge in [0.05, 0.1) is 18.6 Å². The zero-order valence-corrected chi connectivity index (χ0v) is 15.7. The fraction of sp³-hybridized carbons (Fsp3) is 0.818. The van der Waals surface area contributed by atoms with Gasteiger partial charge in [0.2, 0.25) is 0 Å². The molecule has 134 valence electrons.